The first-order valence-corrected chi connectivity index (χ1v) is 12.3. The van der Waals surface area contributed by atoms with Crippen molar-refractivity contribution in [2.45, 2.75) is 32.0 Å². The van der Waals surface area contributed by atoms with Crippen molar-refractivity contribution < 1.29 is 19.5 Å². The van der Waals surface area contributed by atoms with Gasteiger partial charge in [-0.15, -0.1) is 0 Å². The van der Waals surface area contributed by atoms with E-state index in [1.165, 1.54) is 0 Å². The lowest BCUT2D eigenvalue weighted by molar-refractivity contribution is -0.133. The number of ether oxygens (including phenoxy) is 1. The third-order valence-corrected chi connectivity index (χ3v) is 7.10. The fourth-order valence-electron chi connectivity index (χ4n) is 5.21. The average molecular weight is 490 g/mol. The van der Waals surface area contributed by atoms with Crippen molar-refractivity contribution in [1.82, 2.24) is 26.0 Å². The van der Waals surface area contributed by atoms with Crippen LogP contribution in [0.15, 0.2) is 54.6 Å². The molecule has 5 rings (SSSR count). The van der Waals surface area contributed by atoms with Gasteiger partial charge in [-0.1, -0.05) is 18.2 Å². The van der Waals surface area contributed by atoms with Gasteiger partial charge >= 0.3 is 0 Å². The zero-order valence-corrected chi connectivity index (χ0v) is 20.2. The molecule has 2 saturated heterocycles. The van der Waals surface area contributed by atoms with Gasteiger partial charge in [0.05, 0.1) is 17.5 Å². The lowest BCUT2D eigenvalue weighted by Gasteiger charge is -2.22. The number of carbonyl (C=O) groups excluding carboxylic acids is 2. The number of aryl methyl sites for hydroxylation is 1. The largest absolute Gasteiger partial charge is 0.489 e. The molecule has 188 valence electrons. The van der Waals surface area contributed by atoms with E-state index in [0.717, 1.165) is 41.7 Å². The number of para-hydroxylation sites is 1. The summed E-state index contributed by atoms with van der Waals surface area (Å²) in [5.74, 6) is -0.593. The van der Waals surface area contributed by atoms with Crippen molar-refractivity contribution in [1.29, 1.82) is 0 Å². The number of amides is 2. The van der Waals surface area contributed by atoms with Crippen LogP contribution < -0.4 is 20.9 Å². The molecule has 4 N–H and O–H groups in total. The van der Waals surface area contributed by atoms with Crippen molar-refractivity contribution in [2.75, 3.05) is 26.2 Å². The van der Waals surface area contributed by atoms with Crippen LogP contribution in [0, 0.1) is 12.8 Å². The Morgan fingerprint density at radius 3 is 2.72 bits per heavy atom. The summed E-state index contributed by atoms with van der Waals surface area (Å²) in [6.07, 6.45) is 1.00. The fraction of sp³-hybridized carbons (Fsp3) is 0.370. The van der Waals surface area contributed by atoms with Crippen LogP contribution >= 0.6 is 0 Å². The number of nitrogens with one attached hydrogen (secondary N) is 3. The summed E-state index contributed by atoms with van der Waals surface area (Å²) in [5.41, 5.74) is 5.16. The third kappa shape index (κ3) is 5.18. The Labute approximate surface area is 209 Å². The topological polar surface area (TPSA) is 116 Å². The SMILES string of the molecule is Cc1cc(COc2ccc(C(=O)N[C@H]3CN(C4CCNC4)C[C@H]3C(=O)NO)cc2)c2ccccc2n1. The number of carbonyl (C=O) groups is 2. The maximum absolute atomic E-state index is 13.0. The van der Waals surface area contributed by atoms with Crippen LogP contribution in [0.3, 0.4) is 0 Å². The van der Waals surface area contributed by atoms with E-state index in [0.29, 0.717) is 37.1 Å². The molecule has 0 spiro atoms. The van der Waals surface area contributed by atoms with Gasteiger partial charge in [0.1, 0.15) is 12.4 Å². The molecule has 1 aromatic heterocycles. The Morgan fingerprint density at radius 2 is 1.97 bits per heavy atom. The predicted octanol–water partition coefficient (Wildman–Crippen LogP) is 2.02. The zero-order valence-electron chi connectivity index (χ0n) is 20.2. The van der Waals surface area contributed by atoms with Crippen LogP contribution in [-0.4, -0.2) is 65.2 Å². The fourth-order valence-corrected chi connectivity index (χ4v) is 5.21. The third-order valence-electron chi connectivity index (χ3n) is 7.10. The van der Waals surface area contributed by atoms with Crippen molar-refractivity contribution in [3.8, 4) is 5.75 Å². The van der Waals surface area contributed by atoms with E-state index in [-0.39, 0.29) is 11.9 Å². The number of hydrogen-bond donors (Lipinski definition) is 4. The number of pyridine rings is 1. The van der Waals surface area contributed by atoms with Crippen LogP contribution in [-0.2, 0) is 11.4 Å². The molecule has 2 aromatic carbocycles. The molecule has 9 heteroatoms. The highest BCUT2D eigenvalue weighted by molar-refractivity contribution is 5.95. The first kappa shape index (κ1) is 24.2. The van der Waals surface area contributed by atoms with Crippen LogP contribution in [0.4, 0.5) is 0 Å². The molecule has 2 amide bonds. The van der Waals surface area contributed by atoms with Gasteiger partial charge in [-0.25, -0.2) is 5.48 Å². The molecule has 9 nitrogen and oxygen atoms in total. The zero-order chi connectivity index (χ0) is 25.1. The lowest BCUT2D eigenvalue weighted by atomic mass is 10.0. The van der Waals surface area contributed by atoms with Crippen LogP contribution in [0.2, 0.25) is 0 Å². The van der Waals surface area contributed by atoms with Gasteiger partial charge in [0.15, 0.2) is 0 Å². The highest BCUT2D eigenvalue weighted by Gasteiger charge is 2.41. The predicted molar refractivity (Wildman–Crippen MR) is 135 cm³/mol. The molecule has 2 fully saturated rings. The van der Waals surface area contributed by atoms with E-state index in [4.69, 9.17) is 4.74 Å². The number of hydroxylamine groups is 1. The smallest absolute Gasteiger partial charge is 0.251 e. The number of hydrogen-bond acceptors (Lipinski definition) is 7. The van der Waals surface area contributed by atoms with Crippen molar-refractivity contribution in [2.24, 2.45) is 5.92 Å². The van der Waals surface area contributed by atoms with E-state index in [9.17, 15) is 14.8 Å². The van der Waals surface area contributed by atoms with E-state index in [2.05, 4.69) is 20.5 Å². The Hall–Kier alpha value is -3.53. The minimum absolute atomic E-state index is 0.260. The number of likely N-dealkylation sites (tertiary alicyclic amines) is 1. The van der Waals surface area contributed by atoms with Gasteiger partial charge in [0.2, 0.25) is 5.91 Å². The highest BCUT2D eigenvalue weighted by atomic mass is 16.5. The summed E-state index contributed by atoms with van der Waals surface area (Å²) >= 11 is 0. The monoisotopic (exact) mass is 489 g/mol. The molecule has 3 heterocycles. The second-order valence-electron chi connectivity index (χ2n) is 9.52. The first-order chi connectivity index (χ1) is 17.5. The molecule has 2 aliphatic heterocycles. The normalized spacial score (nSPS) is 22.0. The standard InChI is InChI=1S/C27H31N5O4/c1-17-12-19(22-4-2-3-5-24(22)29-17)16-36-21-8-6-18(7-9-21)26(33)30-25-15-32(20-10-11-28-13-20)14-23(25)27(34)31-35/h2-9,12,20,23,25,28,35H,10-11,13-16H2,1H3,(H,30,33)(H,31,34)/t20?,23-,25+/m1/s1. The van der Waals surface area contributed by atoms with Crippen molar-refractivity contribution in [3.63, 3.8) is 0 Å². The van der Waals surface area contributed by atoms with Crippen LogP contribution in [0.25, 0.3) is 10.9 Å². The second kappa shape index (κ2) is 10.6. The van der Waals surface area contributed by atoms with Crippen LogP contribution in [0.1, 0.15) is 28.0 Å². The second-order valence-corrected chi connectivity index (χ2v) is 9.52. The van der Waals surface area contributed by atoms with Gasteiger partial charge in [0, 0.05) is 47.9 Å². The van der Waals surface area contributed by atoms with Gasteiger partial charge in [-0.05, 0) is 56.3 Å². The quantitative estimate of drug-likeness (QED) is 0.296. The summed E-state index contributed by atoms with van der Waals surface area (Å²) < 4.78 is 6.00. The summed E-state index contributed by atoms with van der Waals surface area (Å²) in [4.78, 5) is 32.0. The highest BCUT2D eigenvalue weighted by Crippen LogP contribution is 2.24. The number of fused-ring (bicyclic) bond motifs is 1. The molecule has 1 unspecified atom stereocenters. The molecule has 3 aromatic rings. The van der Waals surface area contributed by atoms with Gasteiger partial charge in [0.25, 0.3) is 5.91 Å². The molecule has 0 bridgehead atoms. The Balaban J connectivity index is 1.22. The number of benzene rings is 2. The molecular formula is C27H31N5O4. The minimum Gasteiger partial charge on any atom is -0.489 e. The van der Waals surface area contributed by atoms with E-state index < -0.39 is 11.8 Å². The number of aromatic nitrogens is 1. The summed E-state index contributed by atoms with van der Waals surface area (Å²) in [7, 11) is 0. The van der Waals surface area contributed by atoms with Crippen molar-refractivity contribution in [3.05, 3.63) is 71.4 Å². The van der Waals surface area contributed by atoms with Gasteiger partial charge in [-0.3, -0.25) is 24.7 Å². The molecule has 2 aliphatic rings. The Kier molecular flexibility index (Phi) is 7.13. The number of rotatable bonds is 7. The summed E-state index contributed by atoms with van der Waals surface area (Å²) in [6.45, 7) is 5.23. The number of nitrogens with zero attached hydrogens (tertiary/aromatic N) is 2. The van der Waals surface area contributed by atoms with E-state index in [1.807, 2.05) is 37.3 Å². The maximum Gasteiger partial charge on any atom is 0.251 e. The minimum atomic E-state index is -0.513. The van der Waals surface area contributed by atoms with Gasteiger partial charge < -0.3 is 15.4 Å². The molecule has 0 radical (unpaired) electrons. The summed E-state index contributed by atoms with van der Waals surface area (Å²) in [6, 6.07) is 16.9. The Bertz CT molecular complexity index is 1240. The van der Waals surface area contributed by atoms with Crippen LogP contribution in [0.5, 0.6) is 5.75 Å². The van der Waals surface area contributed by atoms with E-state index >= 15 is 0 Å². The van der Waals surface area contributed by atoms with Gasteiger partial charge in [-0.2, -0.15) is 0 Å². The van der Waals surface area contributed by atoms with E-state index in [1.54, 1.807) is 29.7 Å². The Morgan fingerprint density at radius 1 is 1.17 bits per heavy atom. The molecule has 0 saturated carbocycles. The molecule has 36 heavy (non-hydrogen) atoms. The molecule has 0 aliphatic carbocycles. The maximum atomic E-state index is 13.0. The molecular weight excluding hydrogens is 458 g/mol. The lowest BCUT2D eigenvalue weighted by Crippen LogP contribution is -2.45. The summed E-state index contributed by atoms with van der Waals surface area (Å²) in [5, 5.41) is 16.6. The molecule has 3 atom stereocenters. The van der Waals surface area contributed by atoms with Crippen molar-refractivity contribution >= 4 is 22.7 Å². The average Bonchev–Trinajstić information content (AvgIpc) is 3.57. The first-order valence-electron chi connectivity index (χ1n) is 12.3.